The summed E-state index contributed by atoms with van der Waals surface area (Å²) in [4.78, 5) is 33.3. The molecule has 2 fully saturated rings. The molecule has 2 aliphatic rings. The van der Waals surface area contributed by atoms with E-state index < -0.39 is 0 Å². The summed E-state index contributed by atoms with van der Waals surface area (Å²) in [5.41, 5.74) is 0. The third kappa shape index (κ3) is 13.5. The topological polar surface area (TPSA) is 84.0 Å². The summed E-state index contributed by atoms with van der Waals surface area (Å²) in [7, 11) is 4.23. The number of esters is 2. The molecule has 2 saturated heterocycles. The molecule has 0 aromatic rings. The van der Waals surface area contributed by atoms with E-state index in [4.69, 9.17) is 18.9 Å². The maximum absolute atomic E-state index is 12.1. The highest BCUT2D eigenvalue weighted by atomic mass is 16.6. The molecule has 0 radical (unpaired) electrons. The van der Waals surface area contributed by atoms with Gasteiger partial charge in [0.15, 0.2) is 0 Å². The molecule has 0 aliphatic carbocycles. The Labute approximate surface area is 211 Å². The second kappa shape index (κ2) is 16.4. The SMILES string of the molecule is CC(COC(=O)CCN1CCN(C)CC1)OCC(C)OCC(C)OC(=O)CCN1CCN(C)CC1. The van der Waals surface area contributed by atoms with E-state index in [2.05, 4.69) is 33.7 Å². The Kier molecular flexibility index (Phi) is 14.1. The molecule has 0 saturated carbocycles. The fourth-order valence-electron chi connectivity index (χ4n) is 3.94. The van der Waals surface area contributed by atoms with Crippen molar-refractivity contribution in [3.8, 4) is 0 Å². The van der Waals surface area contributed by atoms with Crippen LogP contribution in [0.15, 0.2) is 0 Å². The summed E-state index contributed by atoms with van der Waals surface area (Å²) in [6.45, 7) is 16.2. The molecule has 2 aliphatic heterocycles. The van der Waals surface area contributed by atoms with Gasteiger partial charge in [-0.3, -0.25) is 9.59 Å². The van der Waals surface area contributed by atoms with Crippen molar-refractivity contribution >= 4 is 11.9 Å². The van der Waals surface area contributed by atoms with Crippen molar-refractivity contribution in [3.05, 3.63) is 0 Å². The highest BCUT2D eigenvalue weighted by Gasteiger charge is 2.18. The van der Waals surface area contributed by atoms with Crippen molar-refractivity contribution < 1.29 is 28.5 Å². The van der Waals surface area contributed by atoms with Crippen LogP contribution in [-0.4, -0.2) is 149 Å². The van der Waals surface area contributed by atoms with Gasteiger partial charge >= 0.3 is 11.9 Å². The second-order valence-electron chi connectivity index (χ2n) is 10.1. The van der Waals surface area contributed by atoms with Crippen LogP contribution in [0.4, 0.5) is 0 Å². The Morgan fingerprint density at radius 3 is 1.57 bits per heavy atom. The number of rotatable bonds is 15. The first-order valence-electron chi connectivity index (χ1n) is 13.1. The average Bonchev–Trinajstić information content (AvgIpc) is 2.84. The third-order valence-electron chi connectivity index (χ3n) is 6.50. The monoisotopic (exact) mass is 500 g/mol. The largest absolute Gasteiger partial charge is 0.463 e. The fourth-order valence-corrected chi connectivity index (χ4v) is 3.94. The van der Waals surface area contributed by atoms with Gasteiger partial charge in [-0.05, 0) is 34.9 Å². The molecule has 10 nitrogen and oxygen atoms in total. The average molecular weight is 501 g/mol. The zero-order chi connectivity index (χ0) is 25.6. The van der Waals surface area contributed by atoms with Gasteiger partial charge in [-0.1, -0.05) is 0 Å². The lowest BCUT2D eigenvalue weighted by molar-refractivity contribution is -0.155. The number of ether oxygens (including phenoxy) is 4. The minimum Gasteiger partial charge on any atom is -0.463 e. The molecule has 3 unspecified atom stereocenters. The molecule has 2 heterocycles. The Morgan fingerprint density at radius 2 is 1.06 bits per heavy atom. The van der Waals surface area contributed by atoms with Gasteiger partial charge in [0.1, 0.15) is 12.7 Å². The minimum atomic E-state index is -0.309. The van der Waals surface area contributed by atoms with Gasteiger partial charge in [-0.2, -0.15) is 0 Å². The predicted octanol–water partition coefficient (Wildman–Crippen LogP) is 0.547. The first kappa shape index (κ1) is 29.9. The number of likely N-dealkylation sites (N-methyl/N-ethyl adjacent to an activating group) is 2. The lowest BCUT2D eigenvalue weighted by Gasteiger charge is -2.32. The van der Waals surface area contributed by atoms with Crippen LogP contribution in [0.2, 0.25) is 0 Å². The summed E-state index contributed by atoms with van der Waals surface area (Å²) >= 11 is 0. The van der Waals surface area contributed by atoms with E-state index in [1.165, 1.54) is 0 Å². The maximum Gasteiger partial charge on any atom is 0.307 e. The first-order chi connectivity index (χ1) is 16.7. The normalized spacial score (nSPS) is 21.4. The van der Waals surface area contributed by atoms with E-state index in [0.29, 0.717) is 26.1 Å². The highest BCUT2D eigenvalue weighted by Crippen LogP contribution is 2.05. The van der Waals surface area contributed by atoms with Crippen LogP contribution in [0.3, 0.4) is 0 Å². The number of piperazine rings is 2. The first-order valence-corrected chi connectivity index (χ1v) is 13.1. The van der Waals surface area contributed by atoms with Crippen molar-refractivity contribution in [2.75, 3.05) is 99.4 Å². The summed E-state index contributed by atoms with van der Waals surface area (Å²) in [5.74, 6) is -0.376. The van der Waals surface area contributed by atoms with E-state index >= 15 is 0 Å². The Hall–Kier alpha value is -1.30. The van der Waals surface area contributed by atoms with Crippen LogP contribution in [0.25, 0.3) is 0 Å². The number of carbonyl (C=O) groups excluding carboxylic acids is 2. The molecule has 0 aromatic carbocycles. The Bertz CT molecular complexity index is 609. The van der Waals surface area contributed by atoms with Crippen molar-refractivity contribution in [2.45, 2.75) is 51.9 Å². The number of hydrogen-bond donors (Lipinski definition) is 0. The zero-order valence-corrected chi connectivity index (χ0v) is 22.6. The number of nitrogens with zero attached hydrogens (tertiary/aromatic N) is 4. The van der Waals surface area contributed by atoms with E-state index in [0.717, 1.165) is 65.4 Å². The lowest BCUT2D eigenvalue weighted by atomic mass is 10.3. The van der Waals surface area contributed by atoms with E-state index in [1.807, 2.05) is 20.8 Å². The van der Waals surface area contributed by atoms with Crippen molar-refractivity contribution in [3.63, 3.8) is 0 Å². The van der Waals surface area contributed by atoms with Crippen molar-refractivity contribution in [1.29, 1.82) is 0 Å². The Morgan fingerprint density at radius 1 is 0.629 bits per heavy atom. The fraction of sp³-hybridized carbons (Fsp3) is 0.920. The lowest BCUT2D eigenvalue weighted by Crippen LogP contribution is -2.45. The molecular formula is C25H48N4O6. The van der Waals surface area contributed by atoms with Crippen molar-refractivity contribution in [2.24, 2.45) is 0 Å². The molecule has 204 valence electrons. The highest BCUT2D eigenvalue weighted by molar-refractivity contribution is 5.70. The predicted molar refractivity (Wildman–Crippen MR) is 134 cm³/mol. The molecule has 0 amide bonds. The summed E-state index contributed by atoms with van der Waals surface area (Å²) < 4.78 is 22.3. The van der Waals surface area contributed by atoms with E-state index in [1.54, 1.807) is 0 Å². The summed E-state index contributed by atoms with van der Waals surface area (Å²) in [6.07, 6.45) is 0.131. The van der Waals surface area contributed by atoms with Crippen LogP contribution in [-0.2, 0) is 28.5 Å². The molecule has 0 aromatic heterocycles. The van der Waals surface area contributed by atoms with Gasteiger partial charge in [0.05, 0.1) is 38.3 Å². The van der Waals surface area contributed by atoms with Gasteiger partial charge in [0.2, 0.25) is 0 Å². The molecule has 3 atom stereocenters. The maximum atomic E-state index is 12.1. The van der Waals surface area contributed by atoms with Crippen molar-refractivity contribution in [1.82, 2.24) is 19.6 Å². The number of hydrogen-bond acceptors (Lipinski definition) is 10. The van der Waals surface area contributed by atoms with Gasteiger partial charge in [0.25, 0.3) is 0 Å². The second-order valence-corrected chi connectivity index (χ2v) is 10.1. The van der Waals surface area contributed by atoms with Crippen LogP contribution < -0.4 is 0 Å². The quantitative estimate of drug-likeness (QED) is 0.297. The van der Waals surface area contributed by atoms with E-state index in [-0.39, 0.29) is 36.9 Å². The van der Waals surface area contributed by atoms with Gasteiger partial charge in [-0.15, -0.1) is 0 Å². The van der Waals surface area contributed by atoms with Gasteiger partial charge in [0, 0.05) is 65.4 Å². The van der Waals surface area contributed by atoms with Gasteiger partial charge in [-0.25, -0.2) is 0 Å². The molecule has 0 N–H and O–H groups in total. The standard InChI is InChI=1S/C25H48N4O6/c1-21(33-20-23(3)35-25(31)7-9-29-16-12-27(5)13-17-29)18-32-22(2)19-34-24(30)6-8-28-14-10-26(4)11-15-28/h21-23H,6-20H2,1-5H3. The third-order valence-corrected chi connectivity index (χ3v) is 6.50. The zero-order valence-electron chi connectivity index (χ0n) is 22.6. The molecule has 0 spiro atoms. The summed E-state index contributed by atoms with van der Waals surface area (Å²) in [5, 5.41) is 0. The number of carbonyl (C=O) groups is 2. The van der Waals surface area contributed by atoms with E-state index in [9.17, 15) is 9.59 Å². The van der Waals surface area contributed by atoms with Crippen LogP contribution in [0.1, 0.15) is 33.6 Å². The van der Waals surface area contributed by atoms with Crippen LogP contribution in [0, 0.1) is 0 Å². The molecule has 2 rings (SSSR count). The minimum absolute atomic E-state index is 0.156. The molecular weight excluding hydrogens is 452 g/mol. The van der Waals surface area contributed by atoms with Crippen LogP contribution in [0.5, 0.6) is 0 Å². The van der Waals surface area contributed by atoms with Crippen LogP contribution >= 0.6 is 0 Å². The molecule has 10 heteroatoms. The smallest absolute Gasteiger partial charge is 0.307 e. The van der Waals surface area contributed by atoms with Gasteiger partial charge < -0.3 is 38.5 Å². The molecule has 35 heavy (non-hydrogen) atoms. The molecule has 0 bridgehead atoms. The Balaban J connectivity index is 1.46. The summed E-state index contributed by atoms with van der Waals surface area (Å²) in [6, 6.07) is 0.